The van der Waals surface area contributed by atoms with Crippen LogP contribution in [0.25, 0.3) is 10.6 Å². The van der Waals surface area contributed by atoms with Gasteiger partial charge < -0.3 is 4.98 Å². The monoisotopic (exact) mass is 246 g/mol. The van der Waals surface area contributed by atoms with Crippen LogP contribution in [0.5, 0.6) is 0 Å². The lowest BCUT2D eigenvalue weighted by Crippen LogP contribution is -2.12. The highest BCUT2D eigenvalue weighted by Crippen LogP contribution is 2.34. The maximum absolute atomic E-state index is 11.2. The molecule has 2 heterocycles. The lowest BCUT2D eigenvalue weighted by Gasteiger charge is -2.18. The normalized spacial score (nSPS) is 17.5. The second-order valence-corrected chi connectivity index (χ2v) is 5.35. The highest BCUT2D eigenvalue weighted by molar-refractivity contribution is 7.13. The van der Waals surface area contributed by atoms with Crippen molar-refractivity contribution >= 4 is 17.1 Å². The summed E-state index contributed by atoms with van der Waals surface area (Å²) in [7, 11) is 0. The van der Waals surface area contributed by atoms with Crippen LogP contribution in [0, 0.1) is 0 Å². The molecule has 0 spiro atoms. The molecule has 17 heavy (non-hydrogen) atoms. The van der Waals surface area contributed by atoms with E-state index in [1.54, 1.807) is 11.3 Å². The highest BCUT2D eigenvalue weighted by Gasteiger charge is 2.22. The summed E-state index contributed by atoms with van der Waals surface area (Å²) in [4.78, 5) is 18.9. The lowest BCUT2D eigenvalue weighted by atomic mass is 9.87. The summed E-state index contributed by atoms with van der Waals surface area (Å²) in [6, 6.07) is 2.03. The summed E-state index contributed by atoms with van der Waals surface area (Å²) in [6.07, 6.45) is 7.26. The van der Waals surface area contributed by atoms with Crippen molar-refractivity contribution in [2.24, 2.45) is 0 Å². The Morgan fingerprint density at radius 3 is 2.88 bits per heavy atom. The van der Waals surface area contributed by atoms with Gasteiger partial charge in [-0.15, -0.1) is 11.3 Å². The third-order valence-corrected chi connectivity index (χ3v) is 4.24. The summed E-state index contributed by atoms with van der Waals surface area (Å²) >= 11 is 1.69. The van der Waals surface area contributed by atoms with Gasteiger partial charge in [-0.05, 0) is 18.9 Å². The minimum atomic E-state index is 0.405. The Hall–Kier alpha value is -1.42. The molecule has 1 aliphatic carbocycles. The van der Waals surface area contributed by atoms with Gasteiger partial charge in [-0.1, -0.05) is 0 Å². The van der Waals surface area contributed by atoms with Gasteiger partial charge in [0.25, 0.3) is 0 Å². The Morgan fingerprint density at radius 1 is 1.35 bits per heavy atom. The zero-order valence-corrected chi connectivity index (χ0v) is 10.3. The fraction of sp³-hybridized carbons (Fsp3) is 0.385. The second-order valence-electron chi connectivity index (χ2n) is 4.49. The predicted molar refractivity (Wildman–Crippen MR) is 68.1 cm³/mol. The van der Waals surface area contributed by atoms with Crippen LogP contribution < -0.4 is 0 Å². The topological polar surface area (TPSA) is 45.8 Å². The number of Topliss-reactive ketones (excluding diaryl/α,β-unsaturated/α-hetero) is 1. The molecule has 2 aromatic heterocycles. The predicted octanol–water partition coefficient (Wildman–Crippen LogP) is 3.36. The van der Waals surface area contributed by atoms with Crippen molar-refractivity contribution in [3.63, 3.8) is 0 Å². The quantitative estimate of drug-likeness (QED) is 0.883. The van der Waals surface area contributed by atoms with Gasteiger partial charge in [-0.25, -0.2) is 4.98 Å². The molecule has 0 saturated heterocycles. The van der Waals surface area contributed by atoms with Gasteiger partial charge in [0.15, 0.2) is 0 Å². The molecule has 0 amide bonds. The van der Waals surface area contributed by atoms with Crippen LogP contribution >= 0.6 is 11.3 Å². The molecule has 0 aromatic carbocycles. The van der Waals surface area contributed by atoms with Crippen molar-refractivity contribution in [1.29, 1.82) is 0 Å². The molecule has 0 aliphatic heterocycles. The molecule has 2 aromatic rings. The molecule has 3 rings (SSSR count). The van der Waals surface area contributed by atoms with Gasteiger partial charge in [0.2, 0.25) is 0 Å². The molecule has 4 heteroatoms. The molecule has 0 atom stereocenters. The van der Waals surface area contributed by atoms with Crippen molar-refractivity contribution in [2.75, 3.05) is 0 Å². The molecule has 0 unspecified atom stereocenters. The number of hydrogen-bond donors (Lipinski definition) is 1. The van der Waals surface area contributed by atoms with E-state index >= 15 is 0 Å². The summed E-state index contributed by atoms with van der Waals surface area (Å²) in [5, 5.41) is 3.21. The van der Waals surface area contributed by atoms with Crippen LogP contribution in [0.3, 0.4) is 0 Å². The van der Waals surface area contributed by atoms with E-state index in [-0.39, 0.29) is 0 Å². The lowest BCUT2D eigenvalue weighted by molar-refractivity contribution is -0.120. The molecule has 3 nitrogen and oxygen atoms in total. The number of thiazole rings is 1. The van der Waals surface area contributed by atoms with Gasteiger partial charge in [0.05, 0.1) is 5.69 Å². The molecule has 1 N–H and O–H groups in total. The van der Waals surface area contributed by atoms with E-state index in [2.05, 4.69) is 15.3 Å². The Balaban J connectivity index is 1.79. The van der Waals surface area contributed by atoms with Crippen LogP contribution in [0.1, 0.15) is 37.3 Å². The molecule has 1 fully saturated rings. The number of nitrogens with zero attached hydrogens (tertiary/aromatic N) is 1. The third kappa shape index (κ3) is 2.17. The van der Waals surface area contributed by atoms with Crippen LogP contribution in [0.15, 0.2) is 23.8 Å². The van der Waals surface area contributed by atoms with Gasteiger partial charge in [0.1, 0.15) is 10.8 Å². The van der Waals surface area contributed by atoms with Crippen LogP contribution in [0.2, 0.25) is 0 Å². The average Bonchev–Trinajstić information content (AvgIpc) is 3.00. The number of nitrogens with one attached hydrogen (secondary N) is 1. The number of rotatable bonds is 2. The van der Waals surface area contributed by atoms with E-state index in [0.29, 0.717) is 11.7 Å². The number of aromatic amines is 1. The van der Waals surface area contributed by atoms with Gasteiger partial charge in [-0.2, -0.15) is 0 Å². The number of carbonyl (C=O) groups excluding carboxylic acids is 1. The zero-order chi connectivity index (χ0) is 11.7. The van der Waals surface area contributed by atoms with E-state index in [1.165, 1.54) is 5.69 Å². The van der Waals surface area contributed by atoms with Crippen molar-refractivity contribution in [2.45, 2.75) is 31.6 Å². The number of aromatic nitrogens is 2. The van der Waals surface area contributed by atoms with Crippen LogP contribution in [-0.2, 0) is 4.79 Å². The van der Waals surface area contributed by atoms with Gasteiger partial charge >= 0.3 is 0 Å². The molecule has 1 aliphatic rings. The Labute approximate surface area is 104 Å². The van der Waals surface area contributed by atoms with E-state index in [0.717, 1.165) is 36.3 Å². The first-order valence-corrected chi connectivity index (χ1v) is 6.81. The third-order valence-electron chi connectivity index (χ3n) is 3.33. The Morgan fingerprint density at radius 2 is 2.18 bits per heavy atom. The van der Waals surface area contributed by atoms with Gasteiger partial charge in [0, 0.05) is 42.1 Å². The molecule has 1 saturated carbocycles. The first-order chi connectivity index (χ1) is 8.33. The largest absolute Gasteiger partial charge is 0.367 e. The first-order valence-electron chi connectivity index (χ1n) is 5.93. The second kappa shape index (κ2) is 4.45. The fourth-order valence-electron chi connectivity index (χ4n) is 2.30. The van der Waals surface area contributed by atoms with Crippen molar-refractivity contribution < 1.29 is 4.79 Å². The number of ketones is 1. The maximum atomic E-state index is 11.2. The van der Waals surface area contributed by atoms with E-state index in [1.807, 2.05) is 18.5 Å². The smallest absolute Gasteiger partial charge is 0.132 e. The summed E-state index contributed by atoms with van der Waals surface area (Å²) in [5.74, 6) is 0.888. The van der Waals surface area contributed by atoms with E-state index in [4.69, 9.17) is 0 Å². The molecule has 0 bridgehead atoms. The number of carbonyl (C=O) groups is 1. The summed E-state index contributed by atoms with van der Waals surface area (Å²) in [5.41, 5.74) is 2.31. The van der Waals surface area contributed by atoms with Crippen molar-refractivity contribution in [3.8, 4) is 10.6 Å². The Kier molecular flexibility index (Phi) is 2.81. The van der Waals surface area contributed by atoms with E-state index in [9.17, 15) is 4.79 Å². The van der Waals surface area contributed by atoms with Crippen molar-refractivity contribution in [3.05, 3.63) is 29.5 Å². The minimum absolute atomic E-state index is 0.405. The Bertz CT molecular complexity index is 505. The molecule has 88 valence electrons. The molecular formula is C13H14N2OS. The van der Waals surface area contributed by atoms with Crippen LogP contribution in [0.4, 0.5) is 0 Å². The summed E-state index contributed by atoms with van der Waals surface area (Å²) < 4.78 is 0. The van der Waals surface area contributed by atoms with Gasteiger partial charge in [-0.3, -0.25) is 4.79 Å². The molecular weight excluding hydrogens is 232 g/mol. The number of H-pyrrole nitrogens is 1. The fourth-order valence-corrected chi connectivity index (χ4v) is 3.20. The van der Waals surface area contributed by atoms with Crippen molar-refractivity contribution in [1.82, 2.24) is 9.97 Å². The molecule has 0 radical (unpaired) electrons. The zero-order valence-electron chi connectivity index (χ0n) is 9.48. The average molecular weight is 246 g/mol. The minimum Gasteiger partial charge on any atom is -0.367 e. The van der Waals surface area contributed by atoms with E-state index < -0.39 is 0 Å². The SMILES string of the molecule is O=C1CCC(c2csc(-c3cc[nH]c3)n2)CC1. The maximum Gasteiger partial charge on any atom is 0.132 e. The van der Waals surface area contributed by atoms with Crippen LogP contribution in [-0.4, -0.2) is 15.8 Å². The number of hydrogen-bond acceptors (Lipinski definition) is 3. The summed E-state index contributed by atoms with van der Waals surface area (Å²) in [6.45, 7) is 0. The first kappa shape index (κ1) is 10.7. The highest BCUT2D eigenvalue weighted by atomic mass is 32.1. The standard InChI is InChI=1S/C13H14N2OS/c16-11-3-1-9(2-4-11)12-8-17-13(15-12)10-5-6-14-7-10/h5-9,14H,1-4H2.